The molecule has 6 heteroatoms. The summed E-state index contributed by atoms with van der Waals surface area (Å²) in [6, 6.07) is 14.9. The van der Waals surface area contributed by atoms with Crippen molar-refractivity contribution in [2.24, 2.45) is 0 Å². The van der Waals surface area contributed by atoms with Gasteiger partial charge in [-0.05, 0) is 61.3 Å². The smallest absolute Gasteiger partial charge is 0.253 e. The predicted octanol–water partition coefficient (Wildman–Crippen LogP) is 2.72. The molecule has 0 saturated carbocycles. The molecule has 1 aliphatic rings. The van der Waals surface area contributed by atoms with Gasteiger partial charge >= 0.3 is 0 Å². The second-order valence-electron chi connectivity index (χ2n) is 7.77. The van der Waals surface area contributed by atoms with Gasteiger partial charge in [0.15, 0.2) is 0 Å². The number of carbonyl (C=O) groups excluding carboxylic acids is 2. The zero-order chi connectivity index (χ0) is 21.3. The van der Waals surface area contributed by atoms with Crippen molar-refractivity contribution in [1.29, 1.82) is 0 Å². The van der Waals surface area contributed by atoms with Crippen molar-refractivity contribution in [1.82, 2.24) is 15.1 Å². The number of likely N-dealkylation sites (tertiary alicyclic amines) is 1. The molecule has 0 unspecified atom stereocenters. The maximum absolute atomic E-state index is 12.6. The van der Waals surface area contributed by atoms with Crippen LogP contribution < -0.4 is 10.1 Å². The van der Waals surface area contributed by atoms with Gasteiger partial charge in [0.2, 0.25) is 5.91 Å². The molecule has 1 N–H and O–H groups in total. The Labute approximate surface area is 178 Å². The molecule has 1 heterocycles. The molecule has 0 aromatic heterocycles. The van der Waals surface area contributed by atoms with Crippen LogP contribution in [0.3, 0.4) is 0 Å². The molecule has 0 spiro atoms. The van der Waals surface area contributed by atoms with Gasteiger partial charge in [-0.25, -0.2) is 0 Å². The van der Waals surface area contributed by atoms with E-state index >= 15 is 0 Å². The number of hydrogen-bond acceptors (Lipinski definition) is 4. The first-order valence-electron chi connectivity index (χ1n) is 10.5. The fraction of sp³-hybridized carbons (Fsp3) is 0.417. The number of methoxy groups -OCH3 is 1. The summed E-state index contributed by atoms with van der Waals surface area (Å²) in [5.74, 6) is 0.765. The van der Waals surface area contributed by atoms with Crippen molar-refractivity contribution in [3.05, 3.63) is 65.2 Å². The third-order valence-corrected chi connectivity index (χ3v) is 5.51. The summed E-state index contributed by atoms with van der Waals surface area (Å²) in [7, 11) is 3.47. The molecule has 3 rings (SSSR count). The Morgan fingerprint density at radius 3 is 2.27 bits per heavy atom. The van der Waals surface area contributed by atoms with Gasteiger partial charge in [-0.2, -0.15) is 0 Å². The molecule has 2 amide bonds. The van der Waals surface area contributed by atoms with Crippen LogP contribution in [0.1, 0.15) is 34.3 Å². The van der Waals surface area contributed by atoms with E-state index in [9.17, 15) is 9.59 Å². The summed E-state index contributed by atoms with van der Waals surface area (Å²) in [6.45, 7) is 4.39. The van der Waals surface area contributed by atoms with Crippen molar-refractivity contribution in [3.8, 4) is 5.75 Å². The van der Waals surface area contributed by atoms with Crippen LogP contribution in [-0.2, 0) is 17.8 Å². The molecule has 0 radical (unpaired) electrons. The lowest BCUT2D eigenvalue weighted by Crippen LogP contribution is -2.35. The van der Waals surface area contributed by atoms with Gasteiger partial charge in [-0.15, -0.1) is 0 Å². The third kappa shape index (κ3) is 6.32. The number of benzene rings is 2. The van der Waals surface area contributed by atoms with Crippen molar-refractivity contribution < 1.29 is 14.3 Å². The van der Waals surface area contributed by atoms with E-state index in [4.69, 9.17) is 4.74 Å². The van der Waals surface area contributed by atoms with Crippen LogP contribution >= 0.6 is 0 Å². The van der Waals surface area contributed by atoms with Gasteiger partial charge in [0.05, 0.1) is 13.5 Å². The van der Waals surface area contributed by atoms with Crippen molar-refractivity contribution in [2.45, 2.75) is 25.8 Å². The van der Waals surface area contributed by atoms with Gasteiger partial charge in [-0.3, -0.25) is 9.59 Å². The minimum Gasteiger partial charge on any atom is -0.497 e. The SMILES string of the molecule is COc1ccc(CC(=O)NCc2ccc(C(=O)N(C)CCN3CCCC3)cc2)cc1. The van der Waals surface area contributed by atoms with Crippen LogP contribution in [-0.4, -0.2) is 62.0 Å². The van der Waals surface area contributed by atoms with E-state index in [1.165, 1.54) is 12.8 Å². The standard InChI is InChI=1S/C24H31N3O3/c1-26(15-16-27-13-3-4-14-27)24(29)21-9-5-20(6-10-21)18-25-23(28)17-19-7-11-22(30-2)12-8-19/h5-12H,3-4,13-18H2,1-2H3,(H,25,28). The highest BCUT2D eigenvalue weighted by atomic mass is 16.5. The van der Waals surface area contributed by atoms with E-state index in [0.717, 1.165) is 43.1 Å². The highest BCUT2D eigenvalue weighted by Gasteiger charge is 2.15. The van der Waals surface area contributed by atoms with Gasteiger partial charge in [0.25, 0.3) is 5.91 Å². The lowest BCUT2D eigenvalue weighted by Gasteiger charge is -2.21. The predicted molar refractivity (Wildman–Crippen MR) is 118 cm³/mol. The zero-order valence-electron chi connectivity index (χ0n) is 17.9. The number of ether oxygens (including phenoxy) is 1. The summed E-state index contributed by atoms with van der Waals surface area (Å²) in [5.41, 5.74) is 2.58. The number of carbonyl (C=O) groups is 2. The Morgan fingerprint density at radius 1 is 1.00 bits per heavy atom. The van der Waals surface area contributed by atoms with E-state index in [1.807, 2.05) is 55.6 Å². The quantitative estimate of drug-likeness (QED) is 0.692. The summed E-state index contributed by atoms with van der Waals surface area (Å²) < 4.78 is 5.13. The molecule has 0 aliphatic carbocycles. The highest BCUT2D eigenvalue weighted by molar-refractivity contribution is 5.94. The average molecular weight is 410 g/mol. The van der Waals surface area contributed by atoms with Crippen LogP contribution in [0.5, 0.6) is 5.75 Å². The Kier molecular flexibility index (Phi) is 7.85. The first-order valence-corrected chi connectivity index (χ1v) is 10.5. The van der Waals surface area contributed by atoms with Crippen molar-refractivity contribution in [3.63, 3.8) is 0 Å². The van der Waals surface area contributed by atoms with Crippen LogP contribution in [0.2, 0.25) is 0 Å². The molecule has 1 saturated heterocycles. The molecule has 2 aromatic carbocycles. The van der Waals surface area contributed by atoms with Crippen molar-refractivity contribution >= 4 is 11.8 Å². The summed E-state index contributed by atoms with van der Waals surface area (Å²) >= 11 is 0. The fourth-order valence-electron chi connectivity index (χ4n) is 3.58. The highest BCUT2D eigenvalue weighted by Crippen LogP contribution is 2.12. The number of amides is 2. The fourth-order valence-corrected chi connectivity index (χ4v) is 3.58. The summed E-state index contributed by atoms with van der Waals surface area (Å²) in [5, 5.41) is 2.93. The molecule has 1 aliphatic heterocycles. The van der Waals surface area contributed by atoms with E-state index < -0.39 is 0 Å². The molecule has 0 bridgehead atoms. The van der Waals surface area contributed by atoms with E-state index in [1.54, 1.807) is 12.0 Å². The number of likely N-dealkylation sites (N-methyl/N-ethyl adjacent to an activating group) is 1. The van der Waals surface area contributed by atoms with Gasteiger partial charge < -0.3 is 19.9 Å². The molecular weight excluding hydrogens is 378 g/mol. The zero-order valence-corrected chi connectivity index (χ0v) is 17.9. The molecule has 0 atom stereocenters. The maximum Gasteiger partial charge on any atom is 0.253 e. The number of nitrogens with one attached hydrogen (secondary N) is 1. The average Bonchev–Trinajstić information content (AvgIpc) is 3.30. The topological polar surface area (TPSA) is 61.9 Å². The summed E-state index contributed by atoms with van der Waals surface area (Å²) in [6.07, 6.45) is 2.84. The first kappa shape index (κ1) is 21.8. The molecular formula is C24H31N3O3. The Bertz CT molecular complexity index is 828. The number of nitrogens with zero attached hydrogens (tertiary/aromatic N) is 2. The molecule has 30 heavy (non-hydrogen) atoms. The minimum atomic E-state index is -0.0398. The number of rotatable bonds is 9. The van der Waals surface area contributed by atoms with Crippen LogP contribution in [0.4, 0.5) is 0 Å². The summed E-state index contributed by atoms with van der Waals surface area (Å²) in [4.78, 5) is 29.0. The van der Waals surface area contributed by atoms with Crippen LogP contribution in [0.25, 0.3) is 0 Å². The second-order valence-corrected chi connectivity index (χ2v) is 7.77. The lowest BCUT2D eigenvalue weighted by molar-refractivity contribution is -0.120. The van der Waals surface area contributed by atoms with E-state index in [-0.39, 0.29) is 11.8 Å². The van der Waals surface area contributed by atoms with E-state index in [2.05, 4.69) is 10.2 Å². The second kappa shape index (κ2) is 10.8. The van der Waals surface area contributed by atoms with Crippen LogP contribution in [0.15, 0.2) is 48.5 Å². The molecule has 160 valence electrons. The van der Waals surface area contributed by atoms with Crippen molar-refractivity contribution in [2.75, 3.05) is 40.3 Å². The first-order chi connectivity index (χ1) is 14.5. The molecule has 6 nitrogen and oxygen atoms in total. The number of hydrogen-bond donors (Lipinski definition) is 1. The maximum atomic E-state index is 12.6. The van der Waals surface area contributed by atoms with Crippen LogP contribution in [0, 0.1) is 0 Å². The van der Waals surface area contributed by atoms with Gasteiger partial charge in [-0.1, -0.05) is 24.3 Å². The monoisotopic (exact) mass is 409 g/mol. The normalized spacial score (nSPS) is 13.8. The third-order valence-electron chi connectivity index (χ3n) is 5.51. The Morgan fingerprint density at radius 2 is 1.63 bits per heavy atom. The Balaban J connectivity index is 1.43. The van der Waals surface area contributed by atoms with Gasteiger partial charge in [0.1, 0.15) is 5.75 Å². The lowest BCUT2D eigenvalue weighted by atomic mass is 10.1. The molecule has 1 fully saturated rings. The minimum absolute atomic E-state index is 0.0317. The Hall–Kier alpha value is -2.86. The molecule has 2 aromatic rings. The van der Waals surface area contributed by atoms with E-state index in [0.29, 0.717) is 18.5 Å². The largest absolute Gasteiger partial charge is 0.497 e. The van der Waals surface area contributed by atoms with Gasteiger partial charge in [0, 0.05) is 32.2 Å².